The van der Waals surface area contributed by atoms with Crippen molar-refractivity contribution in [3.8, 4) is 11.8 Å². The van der Waals surface area contributed by atoms with Gasteiger partial charge in [0, 0.05) is 17.9 Å². The molecule has 1 heteroatoms. The molecule has 18 heavy (non-hydrogen) atoms. The smallest absolute Gasteiger partial charge is 0.0280 e. The van der Waals surface area contributed by atoms with E-state index in [1.165, 1.54) is 16.7 Å². The molecule has 0 amide bonds. The van der Waals surface area contributed by atoms with Crippen LogP contribution in [0.3, 0.4) is 0 Å². The van der Waals surface area contributed by atoms with Gasteiger partial charge in [-0.15, -0.1) is 11.6 Å². The summed E-state index contributed by atoms with van der Waals surface area (Å²) in [7, 11) is 0. The van der Waals surface area contributed by atoms with Crippen LogP contribution in [0.25, 0.3) is 0 Å². The van der Waals surface area contributed by atoms with Crippen molar-refractivity contribution >= 4 is 11.6 Å². The first-order valence-corrected chi connectivity index (χ1v) is 7.28. The van der Waals surface area contributed by atoms with Crippen LogP contribution in [-0.2, 0) is 0 Å². The molecule has 0 radical (unpaired) electrons. The van der Waals surface area contributed by atoms with E-state index in [1.807, 2.05) is 0 Å². The summed E-state index contributed by atoms with van der Waals surface area (Å²) in [5.41, 5.74) is 3.92. The first kappa shape index (κ1) is 15.1. The molecule has 98 valence electrons. The minimum atomic E-state index is 0.515. The number of benzene rings is 1. The zero-order valence-electron chi connectivity index (χ0n) is 11.9. The van der Waals surface area contributed by atoms with Crippen LogP contribution in [0.4, 0.5) is 0 Å². The van der Waals surface area contributed by atoms with E-state index < -0.39 is 0 Å². The number of hydrogen-bond donors (Lipinski definition) is 0. The van der Waals surface area contributed by atoms with Crippen LogP contribution in [0.2, 0.25) is 0 Å². The number of alkyl halides is 1. The standard InChI is InChI=1S/C17H23Cl/c1-13(2)16-10-9-15(8-6-5-7-11-18)17(12-16)14(3)4/h9-10,12-14H,5,7,11H2,1-4H3. The number of rotatable bonds is 4. The monoisotopic (exact) mass is 262 g/mol. The van der Waals surface area contributed by atoms with Crippen molar-refractivity contribution in [3.05, 3.63) is 34.9 Å². The Bertz CT molecular complexity index is 433. The zero-order chi connectivity index (χ0) is 13.5. The van der Waals surface area contributed by atoms with Crippen molar-refractivity contribution in [2.24, 2.45) is 0 Å². The Morgan fingerprint density at radius 2 is 1.83 bits per heavy atom. The second-order valence-corrected chi connectivity index (χ2v) is 5.63. The van der Waals surface area contributed by atoms with E-state index in [2.05, 4.69) is 57.7 Å². The molecule has 0 aromatic heterocycles. The molecule has 1 aromatic carbocycles. The van der Waals surface area contributed by atoms with Crippen molar-refractivity contribution in [3.63, 3.8) is 0 Å². The lowest BCUT2D eigenvalue weighted by molar-refractivity contribution is 0.831. The predicted octanol–water partition coefficient (Wildman–Crippen LogP) is 5.30. The summed E-state index contributed by atoms with van der Waals surface area (Å²) in [6, 6.07) is 6.67. The van der Waals surface area contributed by atoms with Gasteiger partial charge in [0.15, 0.2) is 0 Å². The summed E-state index contributed by atoms with van der Waals surface area (Å²) in [5.74, 6) is 8.28. The third-order valence-corrected chi connectivity index (χ3v) is 3.29. The molecule has 0 aliphatic heterocycles. The molecule has 0 aliphatic carbocycles. The molecule has 0 nitrogen and oxygen atoms in total. The average Bonchev–Trinajstić information content (AvgIpc) is 2.34. The summed E-state index contributed by atoms with van der Waals surface area (Å²) in [6.07, 6.45) is 1.85. The highest BCUT2D eigenvalue weighted by molar-refractivity contribution is 6.17. The number of halogens is 1. The van der Waals surface area contributed by atoms with E-state index in [4.69, 9.17) is 11.6 Å². The first-order valence-electron chi connectivity index (χ1n) is 6.75. The maximum atomic E-state index is 5.65. The molecule has 1 aromatic rings. The van der Waals surface area contributed by atoms with Gasteiger partial charge in [-0.25, -0.2) is 0 Å². The fourth-order valence-corrected chi connectivity index (χ4v) is 1.98. The molecule has 0 bridgehead atoms. The molecule has 0 saturated carbocycles. The van der Waals surface area contributed by atoms with Crippen molar-refractivity contribution < 1.29 is 0 Å². The van der Waals surface area contributed by atoms with Crippen LogP contribution in [0.1, 0.15) is 69.1 Å². The lowest BCUT2D eigenvalue weighted by Gasteiger charge is -2.13. The molecule has 1 rings (SSSR count). The van der Waals surface area contributed by atoms with Gasteiger partial charge in [-0.2, -0.15) is 0 Å². The van der Waals surface area contributed by atoms with Gasteiger partial charge in [-0.05, 0) is 35.4 Å². The van der Waals surface area contributed by atoms with E-state index in [0.717, 1.165) is 12.8 Å². The topological polar surface area (TPSA) is 0 Å². The minimum Gasteiger partial charge on any atom is -0.127 e. The SMILES string of the molecule is CC(C)c1ccc(C#CCCCCl)c(C(C)C)c1. The Hall–Kier alpha value is -0.930. The van der Waals surface area contributed by atoms with Crippen LogP contribution in [-0.4, -0.2) is 5.88 Å². The van der Waals surface area contributed by atoms with Gasteiger partial charge in [-0.1, -0.05) is 51.7 Å². The van der Waals surface area contributed by atoms with Crippen molar-refractivity contribution in [2.45, 2.75) is 52.4 Å². The quantitative estimate of drug-likeness (QED) is 0.392. The van der Waals surface area contributed by atoms with Gasteiger partial charge in [0.2, 0.25) is 0 Å². The Labute approximate surface area is 117 Å². The van der Waals surface area contributed by atoms with Gasteiger partial charge in [0.25, 0.3) is 0 Å². The Balaban J connectivity index is 2.99. The fourth-order valence-electron chi connectivity index (χ4n) is 1.84. The second-order valence-electron chi connectivity index (χ2n) is 5.25. The molecule has 0 N–H and O–H groups in total. The molecule has 0 spiro atoms. The van der Waals surface area contributed by atoms with E-state index in [0.29, 0.717) is 17.7 Å². The molecule has 0 atom stereocenters. The van der Waals surface area contributed by atoms with Crippen LogP contribution >= 0.6 is 11.6 Å². The summed E-state index contributed by atoms with van der Waals surface area (Å²) in [6.45, 7) is 8.91. The van der Waals surface area contributed by atoms with Crippen LogP contribution in [0.15, 0.2) is 18.2 Å². The number of hydrogen-bond acceptors (Lipinski definition) is 0. The largest absolute Gasteiger partial charge is 0.127 e. The third-order valence-electron chi connectivity index (χ3n) is 3.02. The summed E-state index contributed by atoms with van der Waals surface area (Å²) in [4.78, 5) is 0. The van der Waals surface area contributed by atoms with Crippen molar-refractivity contribution in [1.29, 1.82) is 0 Å². The Morgan fingerprint density at radius 1 is 1.11 bits per heavy atom. The van der Waals surface area contributed by atoms with Gasteiger partial charge < -0.3 is 0 Å². The van der Waals surface area contributed by atoms with Gasteiger partial charge in [0.1, 0.15) is 0 Å². The fraction of sp³-hybridized carbons (Fsp3) is 0.529. The summed E-state index contributed by atoms with van der Waals surface area (Å²) < 4.78 is 0. The van der Waals surface area contributed by atoms with Crippen molar-refractivity contribution in [1.82, 2.24) is 0 Å². The summed E-state index contributed by atoms with van der Waals surface area (Å²) >= 11 is 5.65. The molecule has 0 heterocycles. The third kappa shape index (κ3) is 4.39. The average molecular weight is 263 g/mol. The van der Waals surface area contributed by atoms with Gasteiger partial charge in [-0.3, -0.25) is 0 Å². The van der Waals surface area contributed by atoms with E-state index in [9.17, 15) is 0 Å². The molecule has 0 fully saturated rings. The zero-order valence-corrected chi connectivity index (χ0v) is 12.6. The maximum Gasteiger partial charge on any atom is 0.0280 e. The number of unbranched alkanes of at least 4 members (excludes halogenated alkanes) is 1. The Kier molecular flexibility index (Phi) is 6.30. The van der Waals surface area contributed by atoms with E-state index in [-0.39, 0.29) is 0 Å². The highest BCUT2D eigenvalue weighted by Crippen LogP contribution is 2.24. The summed E-state index contributed by atoms with van der Waals surface area (Å²) in [5, 5.41) is 0. The highest BCUT2D eigenvalue weighted by Gasteiger charge is 2.08. The normalized spacial score (nSPS) is 10.6. The van der Waals surface area contributed by atoms with Crippen molar-refractivity contribution in [2.75, 3.05) is 5.88 Å². The predicted molar refractivity (Wildman–Crippen MR) is 81.5 cm³/mol. The molecule has 0 saturated heterocycles. The molecular formula is C17H23Cl. The lowest BCUT2D eigenvalue weighted by Crippen LogP contribution is -1.96. The highest BCUT2D eigenvalue weighted by atomic mass is 35.5. The minimum absolute atomic E-state index is 0.515. The Morgan fingerprint density at radius 3 is 2.39 bits per heavy atom. The van der Waals surface area contributed by atoms with Crippen LogP contribution < -0.4 is 0 Å². The second kappa shape index (κ2) is 7.49. The maximum absolute atomic E-state index is 5.65. The van der Waals surface area contributed by atoms with Crippen LogP contribution in [0, 0.1) is 11.8 Å². The first-order chi connectivity index (χ1) is 8.56. The van der Waals surface area contributed by atoms with Gasteiger partial charge >= 0.3 is 0 Å². The van der Waals surface area contributed by atoms with E-state index >= 15 is 0 Å². The van der Waals surface area contributed by atoms with Crippen LogP contribution in [0.5, 0.6) is 0 Å². The molecular weight excluding hydrogens is 240 g/mol. The molecule has 0 unspecified atom stereocenters. The molecule has 0 aliphatic rings. The lowest BCUT2D eigenvalue weighted by atomic mass is 9.92. The van der Waals surface area contributed by atoms with Gasteiger partial charge in [0.05, 0.1) is 0 Å². The van der Waals surface area contributed by atoms with E-state index in [1.54, 1.807) is 0 Å².